The molecule has 6 nitrogen and oxygen atoms in total. The maximum absolute atomic E-state index is 12.2. The first-order chi connectivity index (χ1) is 9.11. The van der Waals surface area contributed by atoms with Crippen LogP contribution >= 0.6 is 0 Å². The summed E-state index contributed by atoms with van der Waals surface area (Å²) in [6, 6.07) is 0. The minimum atomic E-state index is -0.981. The van der Waals surface area contributed by atoms with Crippen LogP contribution in [0, 0.1) is 0 Å². The Bertz CT molecular complexity index is 338. The normalized spacial score (nSPS) is 28.6. The second-order valence-electron chi connectivity index (χ2n) is 5.01. The van der Waals surface area contributed by atoms with Crippen LogP contribution in [0.25, 0.3) is 0 Å². The highest BCUT2D eigenvalue weighted by molar-refractivity contribution is 5.82. The largest absolute Gasteiger partial charge is 0.479 e. The van der Waals surface area contributed by atoms with Crippen LogP contribution in [-0.4, -0.2) is 59.9 Å². The summed E-state index contributed by atoms with van der Waals surface area (Å²) in [5.74, 6) is -1.05. The first-order valence-corrected chi connectivity index (χ1v) is 6.90. The number of hydrogen-bond donors (Lipinski definition) is 1. The molecule has 2 aliphatic heterocycles. The van der Waals surface area contributed by atoms with Crippen molar-refractivity contribution in [1.29, 1.82) is 0 Å². The van der Waals surface area contributed by atoms with E-state index in [1.54, 1.807) is 4.90 Å². The predicted molar refractivity (Wildman–Crippen MR) is 66.8 cm³/mol. The van der Waals surface area contributed by atoms with Crippen molar-refractivity contribution < 1.29 is 24.2 Å². The van der Waals surface area contributed by atoms with Crippen LogP contribution in [0.1, 0.15) is 32.6 Å². The number of rotatable bonds is 4. The van der Waals surface area contributed by atoms with Gasteiger partial charge in [0, 0.05) is 19.7 Å². The van der Waals surface area contributed by atoms with E-state index in [0.717, 1.165) is 12.8 Å². The lowest BCUT2D eigenvalue weighted by atomic mass is 10.1. The second-order valence-corrected chi connectivity index (χ2v) is 5.01. The van der Waals surface area contributed by atoms with Crippen molar-refractivity contribution >= 4 is 11.9 Å². The van der Waals surface area contributed by atoms with E-state index >= 15 is 0 Å². The fourth-order valence-corrected chi connectivity index (χ4v) is 2.68. The zero-order valence-electron chi connectivity index (χ0n) is 11.2. The molecule has 6 heteroatoms. The third-order valence-corrected chi connectivity index (χ3v) is 3.73. The van der Waals surface area contributed by atoms with Gasteiger partial charge in [0.1, 0.15) is 6.10 Å². The average molecular weight is 271 g/mol. The van der Waals surface area contributed by atoms with Crippen LogP contribution in [-0.2, 0) is 19.1 Å². The maximum atomic E-state index is 12.2. The van der Waals surface area contributed by atoms with Gasteiger partial charge in [0.15, 0.2) is 6.10 Å². The Kier molecular flexibility index (Phi) is 4.76. The molecule has 2 aliphatic rings. The van der Waals surface area contributed by atoms with Gasteiger partial charge in [0.2, 0.25) is 0 Å². The van der Waals surface area contributed by atoms with Crippen LogP contribution in [0.15, 0.2) is 0 Å². The lowest BCUT2D eigenvalue weighted by molar-refractivity contribution is -0.155. The number of carboxylic acids is 1. The number of carbonyl (C=O) groups is 2. The van der Waals surface area contributed by atoms with Crippen LogP contribution in [0.5, 0.6) is 0 Å². The van der Waals surface area contributed by atoms with Crippen LogP contribution in [0.4, 0.5) is 0 Å². The summed E-state index contributed by atoms with van der Waals surface area (Å²) in [4.78, 5) is 24.8. The Balaban J connectivity index is 1.80. The topological polar surface area (TPSA) is 76.1 Å². The van der Waals surface area contributed by atoms with Gasteiger partial charge in [-0.1, -0.05) is 0 Å². The number of carbonyl (C=O) groups excluding carboxylic acids is 1. The Hall–Kier alpha value is -1.14. The number of likely N-dealkylation sites (tertiary alicyclic amines) is 1. The standard InChI is InChI=1S/C13H21NO5/c1-2-18-9-5-7-14(8-6-9)12(15)10-3-4-11(19-10)13(16)17/h9-11H,2-8H2,1H3,(H,16,17). The molecule has 0 saturated carbocycles. The van der Waals surface area contributed by atoms with E-state index in [1.165, 1.54) is 0 Å². The fraction of sp³-hybridized carbons (Fsp3) is 0.846. The van der Waals surface area contributed by atoms with Crippen molar-refractivity contribution in [3.8, 4) is 0 Å². The summed E-state index contributed by atoms with van der Waals surface area (Å²) < 4.78 is 10.8. The van der Waals surface area contributed by atoms with Gasteiger partial charge in [-0.15, -0.1) is 0 Å². The van der Waals surface area contributed by atoms with E-state index in [0.29, 0.717) is 32.5 Å². The molecule has 0 aliphatic carbocycles. The molecule has 0 radical (unpaired) electrons. The highest BCUT2D eigenvalue weighted by Gasteiger charge is 2.37. The number of hydrogen-bond acceptors (Lipinski definition) is 4. The number of nitrogens with zero attached hydrogens (tertiary/aromatic N) is 1. The monoisotopic (exact) mass is 271 g/mol. The van der Waals surface area contributed by atoms with Gasteiger partial charge >= 0.3 is 5.97 Å². The third-order valence-electron chi connectivity index (χ3n) is 3.73. The third kappa shape index (κ3) is 3.45. The van der Waals surface area contributed by atoms with Crippen LogP contribution < -0.4 is 0 Å². The van der Waals surface area contributed by atoms with E-state index in [2.05, 4.69) is 0 Å². The molecule has 2 fully saturated rings. The van der Waals surface area contributed by atoms with Gasteiger partial charge in [0.25, 0.3) is 5.91 Å². The van der Waals surface area contributed by atoms with Crippen molar-refractivity contribution in [1.82, 2.24) is 4.90 Å². The molecule has 0 bridgehead atoms. The molecule has 0 aromatic rings. The van der Waals surface area contributed by atoms with Crippen molar-refractivity contribution in [3.05, 3.63) is 0 Å². The van der Waals surface area contributed by atoms with E-state index in [9.17, 15) is 9.59 Å². The molecule has 2 rings (SSSR count). The van der Waals surface area contributed by atoms with Gasteiger partial charge in [-0.25, -0.2) is 4.79 Å². The van der Waals surface area contributed by atoms with Crippen LogP contribution in [0.2, 0.25) is 0 Å². The zero-order chi connectivity index (χ0) is 13.8. The molecule has 2 heterocycles. The number of aliphatic carboxylic acids is 1. The highest BCUT2D eigenvalue weighted by Crippen LogP contribution is 2.23. The Labute approximate surface area is 112 Å². The average Bonchev–Trinajstić information content (AvgIpc) is 2.89. The molecule has 2 saturated heterocycles. The maximum Gasteiger partial charge on any atom is 0.332 e. The first-order valence-electron chi connectivity index (χ1n) is 6.90. The molecule has 1 N–H and O–H groups in total. The summed E-state index contributed by atoms with van der Waals surface area (Å²) in [6.45, 7) is 4.00. The molecule has 2 unspecified atom stereocenters. The summed E-state index contributed by atoms with van der Waals surface area (Å²) in [5, 5.41) is 8.85. The molecule has 2 atom stereocenters. The summed E-state index contributed by atoms with van der Waals surface area (Å²) in [5.41, 5.74) is 0. The van der Waals surface area contributed by atoms with Gasteiger partial charge in [-0.05, 0) is 32.6 Å². The summed E-state index contributed by atoms with van der Waals surface area (Å²) >= 11 is 0. The lowest BCUT2D eigenvalue weighted by Crippen LogP contribution is -2.45. The van der Waals surface area contributed by atoms with E-state index < -0.39 is 18.2 Å². The molecule has 0 spiro atoms. The van der Waals surface area contributed by atoms with Crippen LogP contribution in [0.3, 0.4) is 0 Å². The Morgan fingerprint density at radius 3 is 2.37 bits per heavy atom. The number of ether oxygens (including phenoxy) is 2. The SMILES string of the molecule is CCOC1CCN(C(=O)C2CCC(C(=O)O)O2)CC1. The molecule has 1 amide bonds. The van der Waals surface area contributed by atoms with Gasteiger partial charge in [-0.3, -0.25) is 4.79 Å². The van der Waals surface area contributed by atoms with Gasteiger partial charge in [-0.2, -0.15) is 0 Å². The van der Waals surface area contributed by atoms with Gasteiger partial charge in [0.05, 0.1) is 6.10 Å². The number of piperidine rings is 1. The van der Waals surface area contributed by atoms with Gasteiger partial charge < -0.3 is 19.5 Å². The minimum absolute atomic E-state index is 0.0706. The van der Waals surface area contributed by atoms with Crippen molar-refractivity contribution in [3.63, 3.8) is 0 Å². The summed E-state index contributed by atoms with van der Waals surface area (Å²) in [6.07, 6.45) is 1.44. The molecule has 19 heavy (non-hydrogen) atoms. The molecule has 108 valence electrons. The van der Waals surface area contributed by atoms with Crippen molar-refractivity contribution in [2.75, 3.05) is 19.7 Å². The zero-order valence-corrected chi connectivity index (χ0v) is 11.2. The first kappa shape index (κ1) is 14.3. The van der Waals surface area contributed by atoms with Crippen molar-refractivity contribution in [2.24, 2.45) is 0 Å². The van der Waals surface area contributed by atoms with Crippen molar-refractivity contribution in [2.45, 2.75) is 50.9 Å². The summed E-state index contributed by atoms with van der Waals surface area (Å²) in [7, 11) is 0. The van der Waals surface area contributed by atoms with E-state index in [1.807, 2.05) is 6.92 Å². The minimum Gasteiger partial charge on any atom is -0.479 e. The lowest BCUT2D eigenvalue weighted by Gasteiger charge is -2.33. The number of amides is 1. The van der Waals surface area contributed by atoms with E-state index in [4.69, 9.17) is 14.6 Å². The number of carboxylic acid groups (broad SMARTS) is 1. The predicted octanol–water partition coefficient (Wildman–Crippen LogP) is 0.646. The quantitative estimate of drug-likeness (QED) is 0.812. The molecule has 0 aromatic heterocycles. The Morgan fingerprint density at radius 2 is 1.84 bits per heavy atom. The van der Waals surface area contributed by atoms with E-state index in [-0.39, 0.29) is 12.0 Å². The second kappa shape index (κ2) is 6.34. The smallest absolute Gasteiger partial charge is 0.332 e. The molecule has 0 aromatic carbocycles. The Morgan fingerprint density at radius 1 is 1.21 bits per heavy atom. The fourth-order valence-electron chi connectivity index (χ4n) is 2.68. The molecular weight excluding hydrogens is 250 g/mol. The highest BCUT2D eigenvalue weighted by atomic mass is 16.5. The molecular formula is C13H21NO5.